The molecule has 5 nitrogen and oxygen atoms in total. The molecule has 23 heavy (non-hydrogen) atoms. The lowest BCUT2D eigenvalue weighted by molar-refractivity contribution is 0.0954. The predicted octanol–water partition coefficient (Wildman–Crippen LogP) is 3.13. The van der Waals surface area contributed by atoms with Crippen molar-refractivity contribution >= 4 is 23.2 Å². The lowest BCUT2D eigenvalue weighted by atomic mass is 10.1. The van der Waals surface area contributed by atoms with Crippen LogP contribution in [0.2, 0.25) is 5.02 Å². The second kappa shape index (κ2) is 8.41. The molecular weight excluding hydrogens is 314 g/mol. The van der Waals surface area contributed by atoms with Crippen molar-refractivity contribution in [2.24, 2.45) is 5.84 Å². The van der Waals surface area contributed by atoms with Crippen molar-refractivity contribution in [2.75, 3.05) is 18.5 Å². The van der Waals surface area contributed by atoms with E-state index in [0.717, 1.165) is 17.7 Å². The van der Waals surface area contributed by atoms with E-state index < -0.39 is 0 Å². The van der Waals surface area contributed by atoms with Crippen LogP contribution in [0, 0.1) is 6.92 Å². The lowest BCUT2D eigenvalue weighted by Crippen LogP contribution is -2.30. The first-order chi connectivity index (χ1) is 11.1. The van der Waals surface area contributed by atoms with E-state index in [2.05, 4.69) is 10.7 Å². The molecule has 6 heteroatoms. The van der Waals surface area contributed by atoms with Crippen LogP contribution in [0.3, 0.4) is 0 Å². The summed E-state index contributed by atoms with van der Waals surface area (Å²) in [6.45, 7) is 3.27. The highest BCUT2D eigenvalue weighted by Crippen LogP contribution is 2.21. The SMILES string of the molecule is Cc1ccccc1OCCCNc1ccc(Cl)cc1C(=O)NN. The zero-order valence-corrected chi connectivity index (χ0v) is 13.7. The molecule has 122 valence electrons. The van der Waals surface area contributed by atoms with Gasteiger partial charge in [0, 0.05) is 17.3 Å². The fourth-order valence-corrected chi connectivity index (χ4v) is 2.30. The fourth-order valence-electron chi connectivity index (χ4n) is 2.13. The first-order valence-corrected chi connectivity index (χ1v) is 7.72. The molecule has 0 aromatic heterocycles. The molecule has 0 atom stereocenters. The van der Waals surface area contributed by atoms with E-state index in [1.165, 1.54) is 0 Å². The van der Waals surface area contributed by atoms with Crippen LogP contribution in [-0.4, -0.2) is 19.1 Å². The summed E-state index contributed by atoms with van der Waals surface area (Å²) in [5.41, 5.74) is 4.33. The Labute approximate surface area is 140 Å². The van der Waals surface area contributed by atoms with Gasteiger partial charge in [0.2, 0.25) is 0 Å². The molecule has 0 heterocycles. The summed E-state index contributed by atoms with van der Waals surface area (Å²) in [6, 6.07) is 13.0. The lowest BCUT2D eigenvalue weighted by Gasteiger charge is -2.12. The molecule has 0 aliphatic heterocycles. The third-order valence-corrected chi connectivity index (χ3v) is 3.58. The average molecular weight is 334 g/mol. The predicted molar refractivity (Wildman–Crippen MR) is 92.9 cm³/mol. The zero-order chi connectivity index (χ0) is 16.7. The normalized spacial score (nSPS) is 10.2. The van der Waals surface area contributed by atoms with E-state index in [9.17, 15) is 4.79 Å². The molecule has 0 radical (unpaired) electrons. The smallest absolute Gasteiger partial charge is 0.267 e. The Morgan fingerprint density at radius 3 is 2.78 bits per heavy atom. The maximum atomic E-state index is 11.7. The van der Waals surface area contributed by atoms with E-state index in [0.29, 0.717) is 29.4 Å². The number of aryl methyl sites for hydroxylation is 1. The fraction of sp³-hybridized carbons (Fsp3) is 0.235. The summed E-state index contributed by atoms with van der Waals surface area (Å²) in [7, 11) is 0. The molecule has 2 aromatic carbocycles. The maximum Gasteiger partial charge on any atom is 0.267 e. The van der Waals surface area contributed by atoms with Gasteiger partial charge >= 0.3 is 0 Å². The number of nitrogens with two attached hydrogens (primary N) is 1. The number of para-hydroxylation sites is 1. The molecule has 0 saturated carbocycles. The zero-order valence-electron chi connectivity index (χ0n) is 12.9. The summed E-state index contributed by atoms with van der Waals surface area (Å²) >= 11 is 5.92. The van der Waals surface area contributed by atoms with Crippen molar-refractivity contribution in [3.8, 4) is 5.75 Å². The summed E-state index contributed by atoms with van der Waals surface area (Å²) in [6.07, 6.45) is 0.792. The van der Waals surface area contributed by atoms with Crippen molar-refractivity contribution < 1.29 is 9.53 Å². The van der Waals surface area contributed by atoms with Crippen molar-refractivity contribution in [1.29, 1.82) is 0 Å². The summed E-state index contributed by atoms with van der Waals surface area (Å²) in [5.74, 6) is 5.70. The number of nitrogens with one attached hydrogen (secondary N) is 2. The number of hydrazine groups is 1. The molecule has 0 saturated heterocycles. The number of halogens is 1. The van der Waals surface area contributed by atoms with Gasteiger partial charge in [-0.15, -0.1) is 0 Å². The number of carbonyl (C=O) groups is 1. The molecule has 0 aliphatic carbocycles. The molecular formula is C17H20ClN3O2. The topological polar surface area (TPSA) is 76.4 Å². The first kappa shape index (κ1) is 17.1. The van der Waals surface area contributed by atoms with Crippen molar-refractivity contribution in [3.05, 3.63) is 58.6 Å². The third kappa shape index (κ3) is 4.87. The summed E-state index contributed by atoms with van der Waals surface area (Å²) in [5, 5.41) is 3.68. The van der Waals surface area contributed by atoms with Crippen LogP contribution in [0.5, 0.6) is 5.75 Å². The van der Waals surface area contributed by atoms with Crippen LogP contribution in [0.15, 0.2) is 42.5 Å². The Kier molecular flexibility index (Phi) is 6.26. The highest BCUT2D eigenvalue weighted by molar-refractivity contribution is 6.31. The van der Waals surface area contributed by atoms with E-state index in [1.54, 1.807) is 18.2 Å². The van der Waals surface area contributed by atoms with Gasteiger partial charge in [0.1, 0.15) is 5.75 Å². The Morgan fingerprint density at radius 1 is 1.26 bits per heavy atom. The second-order valence-corrected chi connectivity index (χ2v) is 5.49. The van der Waals surface area contributed by atoms with E-state index in [1.807, 2.05) is 31.2 Å². The van der Waals surface area contributed by atoms with Crippen LogP contribution in [0.1, 0.15) is 22.3 Å². The number of carbonyl (C=O) groups excluding carboxylic acids is 1. The Balaban J connectivity index is 1.85. The van der Waals surface area contributed by atoms with Gasteiger partial charge < -0.3 is 10.1 Å². The van der Waals surface area contributed by atoms with Crippen molar-refractivity contribution in [2.45, 2.75) is 13.3 Å². The minimum Gasteiger partial charge on any atom is -0.493 e. The number of hydrogen-bond acceptors (Lipinski definition) is 4. The van der Waals surface area contributed by atoms with Crippen molar-refractivity contribution in [3.63, 3.8) is 0 Å². The van der Waals surface area contributed by atoms with E-state index in [-0.39, 0.29) is 5.91 Å². The van der Waals surface area contributed by atoms with Crippen LogP contribution in [-0.2, 0) is 0 Å². The molecule has 0 unspecified atom stereocenters. The molecule has 0 aliphatic rings. The quantitative estimate of drug-likeness (QED) is 0.315. The van der Waals surface area contributed by atoms with Gasteiger partial charge in [-0.2, -0.15) is 0 Å². The van der Waals surface area contributed by atoms with Gasteiger partial charge in [-0.05, 0) is 43.2 Å². The number of amides is 1. The monoisotopic (exact) mass is 333 g/mol. The molecule has 2 aromatic rings. The minimum atomic E-state index is -0.383. The van der Waals surface area contributed by atoms with Gasteiger partial charge in [0.05, 0.1) is 12.2 Å². The van der Waals surface area contributed by atoms with E-state index >= 15 is 0 Å². The largest absolute Gasteiger partial charge is 0.493 e. The van der Waals surface area contributed by atoms with Gasteiger partial charge in [0.15, 0.2) is 0 Å². The molecule has 4 N–H and O–H groups in total. The summed E-state index contributed by atoms with van der Waals surface area (Å²) < 4.78 is 5.73. The van der Waals surface area contributed by atoms with Crippen LogP contribution in [0.4, 0.5) is 5.69 Å². The van der Waals surface area contributed by atoms with Gasteiger partial charge in [-0.3, -0.25) is 10.2 Å². The minimum absolute atomic E-state index is 0.383. The third-order valence-electron chi connectivity index (χ3n) is 3.35. The molecule has 0 bridgehead atoms. The number of hydrogen-bond donors (Lipinski definition) is 3. The Bertz CT molecular complexity index is 677. The second-order valence-electron chi connectivity index (χ2n) is 5.06. The number of ether oxygens (including phenoxy) is 1. The number of nitrogen functional groups attached to an aromatic ring is 1. The molecule has 1 amide bonds. The maximum absolute atomic E-state index is 11.7. The average Bonchev–Trinajstić information content (AvgIpc) is 2.56. The van der Waals surface area contributed by atoms with Crippen LogP contribution >= 0.6 is 11.6 Å². The van der Waals surface area contributed by atoms with Gasteiger partial charge in [-0.1, -0.05) is 29.8 Å². The van der Waals surface area contributed by atoms with E-state index in [4.69, 9.17) is 22.2 Å². The Hall–Kier alpha value is -2.24. The first-order valence-electron chi connectivity index (χ1n) is 7.34. The standard InChI is InChI=1S/C17H20ClN3O2/c1-12-5-2-3-6-16(12)23-10-4-9-20-15-8-7-13(18)11-14(15)17(22)21-19/h2-3,5-8,11,20H,4,9-10,19H2,1H3,(H,21,22). The van der Waals surface area contributed by atoms with Crippen LogP contribution < -0.4 is 21.3 Å². The number of anilines is 1. The highest BCUT2D eigenvalue weighted by atomic mass is 35.5. The molecule has 0 spiro atoms. The highest BCUT2D eigenvalue weighted by Gasteiger charge is 2.10. The Morgan fingerprint density at radius 2 is 2.04 bits per heavy atom. The number of rotatable bonds is 7. The van der Waals surface area contributed by atoms with Crippen LogP contribution in [0.25, 0.3) is 0 Å². The molecule has 2 rings (SSSR count). The van der Waals surface area contributed by atoms with Gasteiger partial charge in [-0.25, -0.2) is 5.84 Å². The summed E-state index contributed by atoms with van der Waals surface area (Å²) in [4.78, 5) is 11.7. The van der Waals surface area contributed by atoms with Crippen molar-refractivity contribution in [1.82, 2.24) is 5.43 Å². The number of benzene rings is 2. The molecule has 0 fully saturated rings. The van der Waals surface area contributed by atoms with Gasteiger partial charge in [0.25, 0.3) is 5.91 Å².